The summed E-state index contributed by atoms with van der Waals surface area (Å²) in [5.41, 5.74) is 2.42. The summed E-state index contributed by atoms with van der Waals surface area (Å²) in [5.74, 6) is 0.399. The van der Waals surface area contributed by atoms with Gasteiger partial charge in [0.1, 0.15) is 5.82 Å². The zero-order chi connectivity index (χ0) is 23.3. The van der Waals surface area contributed by atoms with Crippen LogP contribution in [0.1, 0.15) is 62.4 Å². The van der Waals surface area contributed by atoms with Gasteiger partial charge in [0.15, 0.2) is 6.04 Å². The normalized spacial score (nSPS) is 23.7. The fourth-order valence-corrected chi connectivity index (χ4v) is 4.58. The Kier molecular flexibility index (Phi) is 5.75. The summed E-state index contributed by atoms with van der Waals surface area (Å²) in [6.45, 7) is 8.92. The number of hydrogen-bond donors (Lipinski definition) is 1. The molecule has 0 spiro atoms. The second kappa shape index (κ2) is 8.12. The lowest BCUT2D eigenvalue weighted by Gasteiger charge is -2.39. The molecule has 0 aliphatic carbocycles. The Morgan fingerprint density at radius 3 is 2.50 bits per heavy atom. The Balaban J connectivity index is 1.49. The number of carbonyl (C=O) groups excluding carboxylic acids is 1. The highest BCUT2D eigenvalue weighted by atomic mass is 19.4. The van der Waals surface area contributed by atoms with Crippen LogP contribution in [0, 0.1) is 12.3 Å². The maximum atomic E-state index is 13.8. The summed E-state index contributed by atoms with van der Waals surface area (Å²) >= 11 is 0. The molecular formula is C24H31F3N4O. The average molecular weight is 449 g/mol. The number of hydrogen-bond acceptors (Lipinski definition) is 3. The molecule has 8 heteroatoms. The van der Waals surface area contributed by atoms with Gasteiger partial charge in [-0.1, -0.05) is 50.6 Å². The third-order valence-electron chi connectivity index (χ3n) is 6.69. The number of rotatable bonds is 3. The minimum atomic E-state index is -4.37. The Morgan fingerprint density at radius 1 is 1.19 bits per heavy atom. The first kappa shape index (κ1) is 22.7. The van der Waals surface area contributed by atoms with E-state index in [1.807, 2.05) is 52.0 Å². The molecule has 1 saturated heterocycles. The molecular weight excluding hydrogens is 417 g/mol. The van der Waals surface area contributed by atoms with Crippen LogP contribution in [-0.2, 0) is 11.2 Å². The topological polar surface area (TPSA) is 50.2 Å². The van der Waals surface area contributed by atoms with E-state index in [0.717, 1.165) is 15.8 Å². The molecule has 1 aromatic heterocycles. The van der Waals surface area contributed by atoms with E-state index < -0.39 is 12.2 Å². The van der Waals surface area contributed by atoms with Gasteiger partial charge in [-0.05, 0) is 30.7 Å². The number of likely N-dealkylation sites (tertiary alicyclic amines) is 1. The second-order valence-electron chi connectivity index (χ2n) is 10.2. The lowest BCUT2D eigenvalue weighted by Crippen LogP contribution is -2.44. The van der Waals surface area contributed by atoms with Gasteiger partial charge in [0.25, 0.3) is 0 Å². The first-order valence-electron chi connectivity index (χ1n) is 11.2. The van der Waals surface area contributed by atoms with Crippen LogP contribution >= 0.6 is 0 Å². The van der Waals surface area contributed by atoms with Crippen LogP contribution in [0.4, 0.5) is 19.0 Å². The first-order valence-corrected chi connectivity index (χ1v) is 11.2. The maximum Gasteiger partial charge on any atom is 0.410 e. The van der Waals surface area contributed by atoms with E-state index in [2.05, 4.69) is 10.4 Å². The number of nitrogens with zero attached hydrogens (tertiary/aromatic N) is 3. The van der Waals surface area contributed by atoms with E-state index >= 15 is 0 Å². The van der Waals surface area contributed by atoms with Crippen LogP contribution in [0.5, 0.6) is 0 Å². The van der Waals surface area contributed by atoms with Crippen LogP contribution in [-0.4, -0.2) is 45.9 Å². The predicted octanol–water partition coefficient (Wildman–Crippen LogP) is 5.08. The van der Waals surface area contributed by atoms with Crippen molar-refractivity contribution >= 4 is 11.7 Å². The van der Waals surface area contributed by atoms with Crippen LogP contribution in [0.2, 0.25) is 0 Å². The van der Waals surface area contributed by atoms with Gasteiger partial charge < -0.3 is 10.2 Å². The quantitative estimate of drug-likeness (QED) is 0.712. The number of benzene rings is 1. The Hall–Kier alpha value is -2.51. The number of fused-ring (bicyclic) bond motifs is 1. The second-order valence-corrected chi connectivity index (χ2v) is 10.2. The zero-order valence-corrected chi connectivity index (χ0v) is 19.0. The van der Waals surface area contributed by atoms with E-state index in [-0.39, 0.29) is 29.7 Å². The van der Waals surface area contributed by atoms with E-state index in [1.165, 1.54) is 0 Å². The minimum Gasteiger partial charge on any atom is -0.367 e. The zero-order valence-electron chi connectivity index (χ0n) is 19.0. The summed E-state index contributed by atoms with van der Waals surface area (Å²) in [7, 11) is 0. The number of aromatic nitrogens is 2. The molecule has 0 bridgehead atoms. The number of nitrogens with one attached hydrogen (secondary N) is 1. The van der Waals surface area contributed by atoms with Crippen molar-refractivity contribution in [3.63, 3.8) is 0 Å². The third-order valence-corrected chi connectivity index (χ3v) is 6.69. The molecule has 1 amide bonds. The Morgan fingerprint density at radius 2 is 1.88 bits per heavy atom. The molecule has 2 aromatic rings. The molecule has 2 aliphatic rings. The summed E-state index contributed by atoms with van der Waals surface area (Å²) in [6.07, 6.45) is -3.38. The van der Waals surface area contributed by atoms with Crippen molar-refractivity contribution in [2.75, 3.05) is 18.4 Å². The summed E-state index contributed by atoms with van der Waals surface area (Å²) in [4.78, 5) is 14.5. The van der Waals surface area contributed by atoms with Crippen LogP contribution < -0.4 is 5.32 Å². The molecule has 1 N–H and O–H groups in total. The number of carbonyl (C=O) groups is 1. The molecule has 1 fully saturated rings. The highest BCUT2D eigenvalue weighted by Gasteiger charge is 2.48. The molecule has 4 rings (SSSR count). The van der Waals surface area contributed by atoms with Gasteiger partial charge in [0.2, 0.25) is 5.91 Å². The largest absolute Gasteiger partial charge is 0.410 e. The number of halogens is 3. The molecule has 3 heterocycles. The summed E-state index contributed by atoms with van der Waals surface area (Å²) in [5, 5.41) is 7.65. The summed E-state index contributed by atoms with van der Waals surface area (Å²) in [6, 6.07) is 7.69. The van der Waals surface area contributed by atoms with Gasteiger partial charge in [-0.15, -0.1) is 0 Å². The number of aryl methyl sites for hydroxylation is 1. The van der Waals surface area contributed by atoms with Crippen molar-refractivity contribution in [1.29, 1.82) is 0 Å². The van der Waals surface area contributed by atoms with Gasteiger partial charge in [-0.3, -0.25) is 4.79 Å². The highest BCUT2D eigenvalue weighted by molar-refractivity contribution is 5.79. The fourth-order valence-electron chi connectivity index (χ4n) is 4.58. The maximum absolute atomic E-state index is 13.8. The number of anilines is 1. The molecule has 3 atom stereocenters. The van der Waals surface area contributed by atoms with Gasteiger partial charge in [-0.2, -0.15) is 18.3 Å². The molecule has 2 aliphatic heterocycles. The van der Waals surface area contributed by atoms with Crippen molar-refractivity contribution < 1.29 is 18.0 Å². The van der Waals surface area contributed by atoms with E-state index in [9.17, 15) is 18.0 Å². The Bertz CT molecular complexity index is 975. The van der Waals surface area contributed by atoms with Crippen molar-refractivity contribution in [2.45, 2.75) is 71.1 Å². The van der Waals surface area contributed by atoms with Crippen molar-refractivity contribution in [2.24, 2.45) is 5.41 Å². The van der Waals surface area contributed by atoms with Crippen LogP contribution in [0.15, 0.2) is 30.3 Å². The first-order chi connectivity index (χ1) is 14.9. The molecule has 0 radical (unpaired) electrons. The smallest absolute Gasteiger partial charge is 0.367 e. The number of alkyl halides is 3. The molecule has 0 unspecified atom stereocenters. The minimum absolute atomic E-state index is 0.0411. The van der Waals surface area contributed by atoms with E-state index in [1.54, 1.807) is 11.0 Å². The van der Waals surface area contributed by atoms with Crippen LogP contribution in [0.25, 0.3) is 0 Å². The van der Waals surface area contributed by atoms with Gasteiger partial charge in [0, 0.05) is 31.1 Å². The van der Waals surface area contributed by atoms with Gasteiger partial charge in [-0.25, -0.2) is 4.68 Å². The van der Waals surface area contributed by atoms with Crippen molar-refractivity contribution in [3.05, 3.63) is 47.2 Å². The predicted molar refractivity (Wildman–Crippen MR) is 118 cm³/mol. The SMILES string of the molecule is Cc1ccc(CC(=O)N2CC[C@H](c3cc4n(n3)[C@@H](C(F)(F)F)C[C@@H](C(C)(C)C)N4)C2)cc1. The van der Waals surface area contributed by atoms with Crippen molar-refractivity contribution in [3.8, 4) is 0 Å². The average Bonchev–Trinajstić information content (AvgIpc) is 3.34. The molecule has 174 valence electrons. The Labute approximate surface area is 187 Å². The van der Waals surface area contributed by atoms with E-state index in [4.69, 9.17) is 0 Å². The summed E-state index contributed by atoms with van der Waals surface area (Å²) < 4.78 is 42.6. The van der Waals surface area contributed by atoms with Gasteiger partial charge >= 0.3 is 6.18 Å². The molecule has 1 aromatic carbocycles. The molecule has 5 nitrogen and oxygen atoms in total. The number of amides is 1. The standard InChI is InChI=1S/C24H31F3N4O/c1-15-5-7-16(8-6-15)11-22(32)30-10-9-17(14-30)18-12-21-28-19(23(2,3)4)13-20(24(25,26)27)31(21)29-18/h5-8,12,17,19-20,28H,9-11,13-14H2,1-4H3/t17-,19-,20+/m0/s1. The molecule has 0 saturated carbocycles. The van der Waals surface area contributed by atoms with Crippen LogP contribution in [0.3, 0.4) is 0 Å². The fraction of sp³-hybridized carbons (Fsp3) is 0.583. The lowest BCUT2D eigenvalue weighted by molar-refractivity contribution is -0.175. The monoisotopic (exact) mass is 448 g/mol. The highest BCUT2D eigenvalue weighted by Crippen LogP contribution is 2.44. The third kappa shape index (κ3) is 4.64. The van der Waals surface area contributed by atoms with Gasteiger partial charge in [0.05, 0.1) is 12.1 Å². The molecule has 32 heavy (non-hydrogen) atoms. The van der Waals surface area contributed by atoms with Crippen molar-refractivity contribution in [1.82, 2.24) is 14.7 Å². The van der Waals surface area contributed by atoms with E-state index in [0.29, 0.717) is 37.4 Å². The lowest BCUT2D eigenvalue weighted by atomic mass is 9.82.